The van der Waals surface area contributed by atoms with Gasteiger partial charge in [-0.3, -0.25) is 0 Å². The predicted octanol–water partition coefficient (Wildman–Crippen LogP) is 2.83. The summed E-state index contributed by atoms with van der Waals surface area (Å²) in [4.78, 5) is 11.5. The molecule has 22 heavy (non-hydrogen) atoms. The van der Waals surface area contributed by atoms with Gasteiger partial charge in [-0.25, -0.2) is 18.4 Å². The normalized spacial score (nSPS) is 11.2. The van der Waals surface area contributed by atoms with Gasteiger partial charge in [0.05, 0.1) is 17.2 Å². The maximum Gasteiger partial charge on any atom is 0.338 e. The molecule has 0 amide bonds. The van der Waals surface area contributed by atoms with Crippen LogP contribution in [0.25, 0.3) is 11.1 Å². The lowest BCUT2D eigenvalue weighted by Crippen LogP contribution is -2.12. The number of carbonyl (C=O) groups is 1. The van der Waals surface area contributed by atoms with Crippen LogP contribution in [0.4, 0.5) is 0 Å². The van der Waals surface area contributed by atoms with Crippen molar-refractivity contribution in [1.29, 1.82) is 0 Å². The summed E-state index contributed by atoms with van der Waals surface area (Å²) in [6, 6.07) is 11.2. The Bertz CT molecular complexity index is 801. The van der Waals surface area contributed by atoms with Crippen LogP contribution < -0.4 is 5.14 Å². The smallest absolute Gasteiger partial charge is 0.338 e. The van der Waals surface area contributed by atoms with Gasteiger partial charge in [0.25, 0.3) is 0 Å². The Hall–Kier alpha value is -1.89. The first-order valence-corrected chi connectivity index (χ1v) is 8.35. The van der Waals surface area contributed by atoms with Crippen LogP contribution in [0.5, 0.6) is 0 Å². The average molecular weight is 340 g/mol. The highest BCUT2D eigenvalue weighted by molar-refractivity contribution is 7.89. The van der Waals surface area contributed by atoms with E-state index in [0.717, 1.165) is 5.56 Å². The fraction of sp³-hybridized carbons (Fsp3) is 0.133. The molecule has 0 radical (unpaired) electrons. The number of carbonyl (C=O) groups excluding carboxylic acids is 1. The highest BCUT2D eigenvalue weighted by atomic mass is 35.5. The minimum Gasteiger partial charge on any atom is -0.462 e. The van der Waals surface area contributed by atoms with Gasteiger partial charge >= 0.3 is 5.97 Å². The number of rotatable bonds is 4. The number of primary sulfonamides is 1. The monoisotopic (exact) mass is 339 g/mol. The van der Waals surface area contributed by atoms with Gasteiger partial charge in [0, 0.05) is 0 Å². The average Bonchev–Trinajstić information content (AvgIpc) is 2.46. The van der Waals surface area contributed by atoms with Crippen molar-refractivity contribution < 1.29 is 17.9 Å². The fourth-order valence-electron chi connectivity index (χ4n) is 1.92. The van der Waals surface area contributed by atoms with Crippen LogP contribution in [0.2, 0.25) is 5.02 Å². The molecule has 2 rings (SSSR count). The molecule has 0 aliphatic heterocycles. The molecule has 0 saturated carbocycles. The van der Waals surface area contributed by atoms with Crippen molar-refractivity contribution in [2.45, 2.75) is 11.8 Å². The Morgan fingerprint density at radius 2 is 1.73 bits per heavy atom. The molecule has 2 aromatic rings. The third kappa shape index (κ3) is 3.65. The molecule has 2 N–H and O–H groups in total. The van der Waals surface area contributed by atoms with Crippen LogP contribution in [-0.2, 0) is 14.8 Å². The summed E-state index contributed by atoms with van der Waals surface area (Å²) in [6.45, 7) is 2.05. The van der Waals surface area contributed by atoms with E-state index in [1.165, 1.54) is 12.1 Å². The summed E-state index contributed by atoms with van der Waals surface area (Å²) in [6.07, 6.45) is 0. The summed E-state index contributed by atoms with van der Waals surface area (Å²) in [7, 11) is -3.85. The van der Waals surface area contributed by atoms with Crippen LogP contribution in [0, 0.1) is 0 Å². The van der Waals surface area contributed by atoms with Crippen LogP contribution >= 0.6 is 11.6 Å². The second kappa shape index (κ2) is 6.48. The molecule has 116 valence electrons. The second-order valence-corrected chi connectivity index (χ2v) is 6.43. The Morgan fingerprint density at radius 1 is 1.14 bits per heavy atom. The zero-order chi connectivity index (χ0) is 16.3. The van der Waals surface area contributed by atoms with Gasteiger partial charge in [-0.2, -0.15) is 0 Å². The number of hydrogen-bond donors (Lipinski definition) is 1. The highest BCUT2D eigenvalue weighted by Crippen LogP contribution is 2.28. The minimum absolute atomic E-state index is 0.0504. The first-order chi connectivity index (χ1) is 10.3. The molecule has 0 spiro atoms. The molecule has 0 aliphatic carbocycles. The van der Waals surface area contributed by atoms with E-state index < -0.39 is 16.0 Å². The minimum atomic E-state index is -3.85. The van der Waals surface area contributed by atoms with Crippen LogP contribution in [0.15, 0.2) is 47.4 Å². The van der Waals surface area contributed by atoms with Crippen molar-refractivity contribution in [3.05, 3.63) is 53.1 Å². The summed E-state index contributed by atoms with van der Waals surface area (Å²) < 4.78 is 27.6. The van der Waals surface area contributed by atoms with E-state index in [4.69, 9.17) is 21.5 Å². The van der Waals surface area contributed by atoms with E-state index in [9.17, 15) is 13.2 Å². The van der Waals surface area contributed by atoms with E-state index in [1.54, 1.807) is 37.3 Å². The first kappa shape index (κ1) is 16.5. The van der Waals surface area contributed by atoms with E-state index in [2.05, 4.69) is 0 Å². The molecular formula is C15H14ClNO4S. The summed E-state index contributed by atoms with van der Waals surface area (Å²) >= 11 is 5.95. The van der Waals surface area contributed by atoms with E-state index >= 15 is 0 Å². The molecule has 0 fully saturated rings. The standard InChI is InChI=1S/C15H14ClNO4S/c1-2-21-15(18)11-5-3-10(4-6-11)12-7-8-14(13(16)9-12)22(17,19)20/h3-9H,2H2,1H3,(H2,17,19,20). The molecule has 2 aromatic carbocycles. The summed E-state index contributed by atoms with van der Waals surface area (Å²) in [5.74, 6) is -0.392. The van der Waals surface area contributed by atoms with Gasteiger partial charge in [0.2, 0.25) is 10.0 Å². The topological polar surface area (TPSA) is 86.5 Å². The number of halogens is 1. The SMILES string of the molecule is CCOC(=O)c1ccc(-c2ccc(S(N)(=O)=O)c(Cl)c2)cc1. The highest BCUT2D eigenvalue weighted by Gasteiger charge is 2.14. The lowest BCUT2D eigenvalue weighted by atomic mass is 10.0. The maximum absolute atomic E-state index is 11.6. The third-order valence-corrected chi connectivity index (χ3v) is 4.36. The van der Waals surface area contributed by atoms with Gasteiger partial charge in [0.1, 0.15) is 4.90 Å². The summed E-state index contributed by atoms with van der Waals surface area (Å²) in [5.41, 5.74) is 1.95. The Kier molecular flexibility index (Phi) is 4.85. The number of benzene rings is 2. The lowest BCUT2D eigenvalue weighted by Gasteiger charge is -2.07. The molecule has 5 nitrogen and oxygen atoms in total. The van der Waals surface area contributed by atoms with Gasteiger partial charge in [-0.05, 0) is 42.3 Å². The Balaban J connectivity index is 2.33. The Labute approximate surface area is 133 Å². The lowest BCUT2D eigenvalue weighted by molar-refractivity contribution is 0.0526. The zero-order valence-corrected chi connectivity index (χ0v) is 13.3. The van der Waals surface area contributed by atoms with E-state index in [1.807, 2.05) is 0 Å². The molecule has 7 heteroatoms. The van der Waals surface area contributed by atoms with Gasteiger partial charge in [-0.15, -0.1) is 0 Å². The van der Waals surface area contributed by atoms with Gasteiger partial charge < -0.3 is 4.74 Å². The molecule has 0 unspecified atom stereocenters. The molecule has 0 atom stereocenters. The van der Waals surface area contributed by atoms with E-state index in [0.29, 0.717) is 17.7 Å². The molecular weight excluding hydrogens is 326 g/mol. The summed E-state index contributed by atoms with van der Waals surface area (Å²) in [5, 5.41) is 5.11. The van der Waals surface area contributed by atoms with Crippen molar-refractivity contribution in [3.63, 3.8) is 0 Å². The molecule has 0 aromatic heterocycles. The molecule has 0 saturated heterocycles. The largest absolute Gasteiger partial charge is 0.462 e. The number of nitrogens with two attached hydrogens (primary N) is 1. The first-order valence-electron chi connectivity index (χ1n) is 6.43. The van der Waals surface area contributed by atoms with Crippen molar-refractivity contribution in [3.8, 4) is 11.1 Å². The maximum atomic E-state index is 11.6. The fourth-order valence-corrected chi connectivity index (χ4v) is 3.02. The third-order valence-electron chi connectivity index (χ3n) is 2.97. The zero-order valence-electron chi connectivity index (χ0n) is 11.7. The predicted molar refractivity (Wildman–Crippen MR) is 84.2 cm³/mol. The second-order valence-electron chi connectivity index (χ2n) is 4.49. The molecule has 0 bridgehead atoms. The molecule has 0 aliphatic rings. The van der Waals surface area contributed by atoms with Crippen molar-refractivity contribution >= 4 is 27.6 Å². The quantitative estimate of drug-likeness (QED) is 0.868. The molecule has 0 heterocycles. The number of esters is 1. The van der Waals surface area contributed by atoms with Crippen LogP contribution in [-0.4, -0.2) is 21.0 Å². The Morgan fingerprint density at radius 3 is 2.23 bits per heavy atom. The van der Waals surface area contributed by atoms with Gasteiger partial charge in [-0.1, -0.05) is 29.8 Å². The van der Waals surface area contributed by atoms with Crippen LogP contribution in [0.3, 0.4) is 0 Å². The van der Waals surface area contributed by atoms with Crippen molar-refractivity contribution in [2.24, 2.45) is 5.14 Å². The van der Waals surface area contributed by atoms with Crippen LogP contribution in [0.1, 0.15) is 17.3 Å². The number of hydrogen-bond acceptors (Lipinski definition) is 4. The number of sulfonamides is 1. The number of ether oxygens (including phenoxy) is 1. The van der Waals surface area contributed by atoms with Crippen molar-refractivity contribution in [2.75, 3.05) is 6.61 Å². The van der Waals surface area contributed by atoms with Crippen molar-refractivity contribution in [1.82, 2.24) is 0 Å². The van der Waals surface area contributed by atoms with E-state index in [-0.39, 0.29) is 9.92 Å². The van der Waals surface area contributed by atoms with Gasteiger partial charge in [0.15, 0.2) is 0 Å².